The van der Waals surface area contributed by atoms with E-state index in [-0.39, 0.29) is 11.9 Å². The molecule has 1 heterocycles. The fraction of sp³-hybridized carbons (Fsp3) is 0.231. The Bertz CT molecular complexity index is 522. The molecule has 4 heteroatoms. The van der Waals surface area contributed by atoms with Gasteiger partial charge >= 0.3 is 0 Å². The lowest BCUT2D eigenvalue weighted by Gasteiger charge is -2.14. The molecule has 0 aliphatic rings. The van der Waals surface area contributed by atoms with Crippen LogP contribution in [-0.4, -0.2) is 0 Å². The molecular formula is C13H15FN2O. The van der Waals surface area contributed by atoms with Crippen LogP contribution in [0.1, 0.15) is 28.7 Å². The van der Waals surface area contributed by atoms with Gasteiger partial charge in [-0.1, -0.05) is 12.1 Å². The van der Waals surface area contributed by atoms with Crippen molar-refractivity contribution >= 4 is 0 Å². The number of furan rings is 1. The molecule has 0 fully saturated rings. The van der Waals surface area contributed by atoms with E-state index in [1.54, 1.807) is 19.1 Å². The largest absolute Gasteiger partial charge is 0.464 e. The summed E-state index contributed by atoms with van der Waals surface area (Å²) in [6.45, 7) is 3.59. The van der Waals surface area contributed by atoms with E-state index in [0.717, 1.165) is 17.1 Å². The number of hydrazine groups is 1. The molecule has 1 aromatic heterocycles. The van der Waals surface area contributed by atoms with Gasteiger partial charge in [-0.3, -0.25) is 5.84 Å². The fourth-order valence-corrected chi connectivity index (χ4v) is 1.80. The lowest BCUT2D eigenvalue weighted by atomic mass is 10.0. The Morgan fingerprint density at radius 3 is 2.53 bits per heavy atom. The van der Waals surface area contributed by atoms with Gasteiger partial charge in [0.25, 0.3) is 0 Å². The summed E-state index contributed by atoms with van der Waals surface area (Å²) in [5.41, 5.74) is 4.14. The third-order valence-electron chi connectivity index (χ3n) is 2.73. The Kier molecular flexibility index (Phi) is 3.26. The average Bonchev–Trinajstić information content (AvgIpc) is 2.71. The molecule has 0 radical (unpaired) electrons. The fourth-order valence-electron chi connectivity index (χ4n) is 1.80. The van der Waals surface area contributed by atoms with Crippen LogP contribution in [0.3, 0.4) is 0 Å². The topological polar surface area (TPSA) is 51.2 Å². The van der Waals surface area contributed by atoms with Crippen LogP contribution in [0.2, 0.25) is 0 Å². The Labute approximate surface area is 99.4 Å². The first-order valence-corrected chi connectivity index (χ1v) is 5.40. The van der Waals surface area contributed by atoms with Crippen LogP contribution in [0, 0.1) is 19.7 Å². The smallest absolute Gasteiger partial charge is 0.126 e. The molecule has 17 heavy (non-hydrogen) atoms. The molecule has 90 valence electrons. The first kappa shape index (κ1) is 11.8. The maximum absolute atomic E-state index is 13.2. The summed E-state index contributed by atoms with van der Waals surface area (Å²) in [4.78, 5) is 0. The van der Waals surface area contributed by atoms with Gasteiger partial charge in [-0.15, -0.1) is 0 Å². The van der Waals surface area contributed by atoms with Crippen LogP contribution >= 0.6 is 0 Å². The average molecular weight is 234 g/mol. The van der Waals surface area contributed by atoms with Crippen molar-refractivity contribution in [1.29, 1.82) is 0 Å². The third kappa shape index (κ3) is 2.38. The molecule has 3 nitrogen and oxygen atoms in total. The van der Waals surface area contributed by atoms with E-state index in [0.29, 0.717) is 5.56 Å². The van der Waals surface area contributed by atoms with Crippen LogP contribution in [0.15, 0.2) is 34.7 Å². The van der Waals surface area contributed by atoms with Crippen molar-refractivity contribution in [2.75, 3.05) is 0 Å². The van der Waals surface area contributed by atoms with E-state index in [1.165, 1.54) is 6.07 Å². The number of rotatable bonds is 3. The highest BCUT2D eigenvalue weighted by molar-refractivity contribution is 5.31. The van der Waals surface area contributed by atoms with E-state index in [2.05, 4.69) is 5.43 Å². The Hall–Kier alpha value is -1.65. The number of aryl methyl sites for hydroxylation is 2. The summed E-state index contributed by atoms with van der Waals surface area (Å²) in [5.74, 6) is 6.85. The predicted octanol–water partition coefficient (Wildman–Crippen LogP) is 2.59. The monoisotopic (exact) mass is 234 g/mol. The van der Waals surface area contributed by atoms with Crippen molar-refractivity contribution in [3.05, 3.63) is 58.8 Å². The highest BCUT2D eigenvalue weighted by Crippen LogP contribution is 2.24. The van der Waals surface area contributed by atoms with Gasteiger partial charge in [0, 0.05) is 0 Å². The summed E-state index contributed by atoms with van der Waals surface area (Å²) in [6, 6.07) is 8.37. The molecule has 3 N–H and O–H groups in total. The lowest BCUT2D eigenvalue weighted by molar-refractivity contribution is 0.434. The quantitative estimate of drug-likeness (QED) is 0.634. The minimum absolute atomic E-state index is 0.222. The highest BCUT2D eigenvalue weighted by atomic mass is 19.1. The molecule has 1 unspecified atom stereocenters. The van der Waals surface area contributed by atoms with E-state index in [9.17, 15) is 4.39 Å². The summed E-state index contributed by atoms with van der Waals surface area (Å²) in [6.07, 6.45) is 0. The molecule has 0 saturated carbocycles. The molecule has 1 atom stereocenters. The van der Waals surface area contributed by atoms with Crippen molar-refractivity contribution in [3.8, 4) is 0 Å². The molecule has 0 bridgehead atoms. The summed E-state index contributed by atoms with van der Waals surface area (Å²) < 4.78 is 18.7. The predicted molar refractivity (Wildman–Crippen MR) is 63.7 cm³/mol. The van der Waals surface area contributed by atoms with E-state index in [4.69, 9.17) is 10.3 Å². The Morgan fingerprint density at radius 2 is 2.00 bits per heavy atom. The minimum atomic E-state index is -0.261. The second-order valence-corrected chi connectivity index (χ2v) is 4.06. The van der Waals surface area contributed by atoms with Crippen LogP contribution in [0.5, 0.6) is 0 Å². The first-order valence-electron chi connectivity index (χ1n) is 5.40. The van der Waals surface area contributed by atoms with Crippen molar-refractivity contribution < 1.29 is 8.81 Å². The second kappa shape index (κ2) is 4.69. The number of halogens is 1. The van der Waals surface area contributed by atoms with Gasteiger partial charge in [0.15, 0.2) is 0 Å². The van der Waals surface area contributed by atoms with Crippen molar-refractivity contribution in [3.63, 3.8) is 0 Å². The lowest BCUT2D eigenvalue weighted by Crippen LogP contribution is -2.28. The minimum Gasteiger partial charge on any atom is -0.464 e. The van der Waals surface area contributed by atoms with Crippen LogP contribution in [0.25, 0.3) is 0 Å². The molecule has 0 spiro atoms. The first-order chi connectivity index (χ1) is 8.11. The van der Waals surface area contributed by atoms with E-state index in [1.807, 2.05) is 19.1 Å². The van der Waals surface area contributed by atoms with Gasteiger partial charge in [0.05, 0.1) is 0 Å². The van der Waals surface area contributed by atoms with Gasteiger partial charge in [-0.25, -0.2) is 9.82 Å². The highest BCUT2D eigenvalue weighted by Gasteiger charge is 2.16. The van der Waals surface area contributed by atoms with Gasteiger partial charge in [-0.2, -0.15) is 0 Å². The van der Waals surface area contributed by atoms with Crippen molar-refractivity contribution in [2.24, 2.45) is 5.84 Å². The maximum atomic E-state index is 13.2. The Balaban J connectivity index is 2.38. The number of nitrogens with two attached hydrogens (primary N) is 1. The molecule has 0 aliphatic heterocycles. The van der Waals surface area contributed by atoms with Crippen molar-refractivity contribution in [2.45, 2.75) is 19.9 Å². The Morgan fingerprint density at radius 1 is 1.24 bits per heavy atom. The second-order valence-electron chi connectivity index (χ2n) is 4.06. The normalized spacial score (nSPS) is 12.7. The van der Waals surface area contributed by atoms with E-state index >= 15 is 0 Å². The molecule has 0 saturated heterocycles. The zero-order valence-electron chi connectivity index (χ0n) is 9.83. The van der Waals surface area contributed by atoms with E-state index < -0.39 is 0 Å². The van der Waals surface area contributed by atoms with Crippen LogP contribution < -0.4 is 11.3 Å². The zero-order valence-corrected chi connectivity index (χ0v) is 9.83. The van der Waals surface area contributed by atoms with Gasteiger partial charge in [0.1, 0.15) is 23.4 Å². The summed E-state index contributed by atoms with van der Waals surface area (Å²) in [7, 11) is 0. The van der Waals surface area contributed by atoms with Gasteiger partial charge in [0.2, 0.25) is 0 Å². The zero-order chi connectivity index (χ0) is 12.4. The standard InChI is InChI=1S/C13H15FN2O/c1-8-7-10(4-5-11(8)14)13(16-15)12-6-3-9(2)17-12/h3-7,13,16H,15H2,1-2H3. The SMILES string of the molecule is Cc1ccc(C(NN)c2ccc(F)c(C)c2)o1. The van der Waals surface area contributed by atoms with Crippen LogP contribution in [0.4, 0.5) is 4.39 Å². The van der Waals surface area contributed by atoms with Gasteiger partial charge < -0.3 is 4.42 Å². The molecule has 0 amide bonds. The molecular weight excluding hydrogens is 219 g/mol. The van der Waals surface area contributed by atoms with Crippen molar-refractivity contribution in [1.82, 2.24) is 5.43 Å². The molecule has 1 aromatic carbocycles. The third-order valence-corrected chi connectivity index (χ3v) is 2.73. The molecule has 2 aromatic rings. The number of hydrogen-bond acceptors (Lipinski definition) is 3. The van der Waals surface area contributed by atoms with Crippen LogP contribution in [-0.2, 0) is 0 Å². The number of benzene rings is 1. The molecule has 2 rings (SSSR count). The summed E-state index contributed by atoms with van der Waals surface area (Å²) in [5, 5.41) is 0. The number of hydrogen-bond donors (Lipinski definition) is 2. The maximum Gasteiger partial charge on any atom is 0.126 e. The summed E-state index contributed by atoms with van der Waals surface area (Å²) >= 11 is 0. The van der Waals surface area contributed by atoms with Gasteiger partial charge in [-0.05, 0) is 43.2 Å². The number of nitrogens with one attached hydrogen (secondary N) is 1. The molecule has 0 aliphatic carbocycles.